The summed E-state index contributed by atoms with van der Waals surface area (Å²) >= 11 is 0. The summed E-state index contributed by atoms with van der Waals surface area (Å²) in [7, 11) is 0. The lowest BCUT2D eigenvalue weighted by atomic mass is 10.0. The van der Waals surface area contributed by atoms with Crippen LogP contribution in [-0.2, 0) is 6.42 Å². The van der Waals surface area contributed by atoms with E-state index in [2.05, 4.69) is 49.9 Å². The summed E-state index contributed by atoms with van der Waals surface area (Å²) < 4.78 is 5.91. The number of ether oxygens (including phenoxy) is 1. The molecule has 0 bridgehead atoms. The Morgan fingerprint density at radius 2 is 1.41 bits per heavy atom. The van der Waals surface area contributed by atoms with Gasteiger partial charge in [0.2, 0.25) is 0 Å². The molecule has 0 amide bonds. The Bertz CT molecular complexity index is 705. The van der Waals surface area contributed by atoms with Crippen molar-refractivity contribution in [2.24, 2.45) is 0 Å². The van der Waals surface area contributed by atoms with Crippen molar-refractivity contribution in [3.63, 3.8) is 0 Å². The van der Waals surface area contributed by atoms with Gasteiger partial charge in [0.1, 0.15) is 5.75 Å². The van der Waals surface area contributed by atoms with Crippen LogP contribution in [0.2, 0.25) is 0 Å². The first kappa shape index (κ1) is 26.2. The second-order valence-electron chi connectivity index (χ2n) is 8.99. The van der Waals surface area contributed by atoms with Crippen molar-refractivity contribution in [1.82, 2.24) is 4.98 Å². The molecule has 2 heteroatoms. The van der Waals surface area contributed by atoms with E-state index < -0.39 is 0 Å². The minimum atomic E-state index is 0.803. The van der Waals surface area contributed by atoms with E-state index in [1.165, 1.54) is 82.6 Å². The van der Waals surface area contributed by atoms with Crippen molar-refractivity contribution in [3.8, 4) is 17.0 Å². The molecule has 0 N–H and O–H groups in total. The molecule has 1 aromatic heterocycles. The van der Waals surface area contributed by atoms with Gasteiger partial charge in [-0.05, 0) is 68.0 Å². The minimum Gasteiger partial charge on any atom is -0.494 e. The molecule has 0 saturated carbocycles. The zero-order valence-electron chi connectivity index (χ0n) is 20.5. The molecule has 2 rings (SSSR count). The van der Waals surface area contributed by atoms with E-state index in [0.29, 0.717) is 0 Å². The number of unbranched alkanes of at least 4 members (excludes halogenated alkanes) is 12. The van der Waals surface area contributed by atoms with Crippen molar-refractivity contribution >= 4 is 0 Å². The van der Waals surface area contributed by atoms with Crippen molar-refractivity contribution < 1.29 is 4.74 Å². The lowest BCUT2D eigenvalue weighted by molar-refractivity contribution is 0.304. The highest BCUT2D eigenvalue weighted by Gasteiger charge is 2.02. The van der Waals surface area contributed by atoms with Crippen molar-refractivity contribution in [2.45, 2.75) is 103 Å². The van der Waals surface area contributed by atoms with Crippen LogP contribution in [0.4, 0.5) is 0 Å². The Kier molecular flexibility index (Phi) is 14.3. The Morgan fingerprint density at radius 1 is 0.750 bits per heavy atom. The summed E-state index contributed by atoms with van der Waals surface area (Å²) in [4.78, 5) is 4.69. The Labute approximate surface area is 197 Å². The number of nitrogens with zero attached hydrogens (tertiary/aromatic N) is 1. The topological polar surface area (TPSA) is 22.1 Å². The molecular weight excluding hydrogens is 390 g/mol. The normalized spacial score (nSPS) is 10.9. The van der Waals surface area contributed by atoms with Gasteiger partial charge in [-0.3, -0.25) is 4.98 Å². The maximum atomic E-state index is 5.91. The number of aryl methyl sites for hydroxylation is 1. The molecule has 0 fully saturated rings. The average molecular weight is 436 g/mol. The van der Waals surface area contributed by atoms with Crippen LogP contribution in [0.5, 0.6) is 5.75 Å². The van der Waals surface area contributed by atoms with Crippen molar-refractivity contribution in [2.75, 3.05) is 6.61 Å². The fourth-order valence-corrected chi connectivity index (χ4v) is 4.04. The van der Waals surface area contributed by atoms with Crippen LogP contribution in [0, 0.1) is 0 Å². The van der Waals surface area contributed by atoms with E-state index in [0.717, 1.165) is 42.9 Å². The van der Waals surface area contributed by atoms with Crippen molar-refractivity contribution in [1.29, 1.82) is 0 Å². The van der Waals surface area contributed by atoms with Crippen molar-refractivity contribution in [3.05, 3.63) is 60.8 Å². The van der Waals surface area contributed by atoms with Gasteiger partial charge in [-0.15, -0.1) is 6.58 Å². The number of allylic oxidation sites excluding steroid dienone is 1. The average Bonchev–Trinajstić information content (AvgIpc) is 2.83. The van der Waals surface area contributed by atoms with E-state index in [1.807, 2.05) is 12.3 Å². The predicted octanol–water partition coefficient (Wildman–Crippen LogP) is 9.34. The molecule has 0 spiro atoms. The zero-order valence-corrected chi connectivity index (χ0v) is 20.5. The highest BCUT2D eigenvalue weighted by Crippen LogP contribution is 2.22. The van der Waals surface area contributed by atoms with Gasteiger partial charge in [0.05, 0.1) is 12.3 Å². The van der Waals surface area contributed by atoms with Crippen LogP contribution < -0.4 is 4.74 Å². The predicted molar refractivity (Wildman–Crippen MR) is 139 cm³/mol. The molecule has 0 radical (unpaired) electrons. The van der Waals surface area contributed by atoms with E-state index in [1.54, 1.807) is 0 Å². The van der Waals surface area contributed by atoms with Crippen LogP contribution >= 0.6 is 0 Å². The molecule has 0 saturated heterocycles. The molecule has 0 aliphatic heterocycles. The Hall–Kier alpha value is -2.09. The van der Waals surface area contributed by atoms with Gasteiger partial charge in [-0.25, -0.2) is 0 Å². The molecule has 176 valence electrons. The number of pyridine rings is 1. The second kappa shape index (κ2) is 17.5. The number of benzene rings is 1. The van der Waals surface area contributed by atoms with Crippen LogP contribution in [0.3, 0.4) is 0 Å². The minimum absolute atomic E-state index is 0.803. The molecule has 32 heavy (non-hydrogen) atoms. The third-order valence-corrected chi connectivity index (χ3v) is 6.12. The molecule has 0 aliphatic carbocycles. The highest BCUT2D eigenvalue weighted by molar-refractivity contribution is 5.60. The SMILES string of the molecule is C=CCCCCCCCCOc1ccc(-c2ccc(CCCCCCCCC)cn2)cc1. The van der Waals surface area contributed by atoms with Gasteiger partial charge in [0.25, 0.3) is 0 Å². The van der Waals surface area contributed by atoms with E-state index >= 15 is 0 Å². The van der Waals surface area contributed by atoms with Gasteiger partial charge in [0.15, 0.2) is 0 Å². The first-order valence-electron chi connectivity index (χ1n) is 13.1. The molecule has 0 aliphatic rings. The van der Waals surface area contributed by atoms with Crippen LogP contribution in [-0.4, -0.2) is 11.6 Å². The van der Waals surface area contributed by atoms with E-state index in [4.69, 9.17) is 9.72 Å². The third-order valence-electron chi connectivity index (χ3n) is 6.12. The summed E-state index contributed by atoms with van der Waals surface area (Å²) in [5.41, 5.74) is 3.54. The molecule has 2 nitrogen and oxygen atoms in total. The van der Waals surface area contributed by atoms with Gasteiger partial charge in [-0.2, -0.15) is 0 Å². The number of hydrogen-bond donors (Lipinski definition) is 0. The van der Waals surface area contributed by atoms with Gasteiger partial charge in [-0.1, -0.05) is 83.3 Å². The molecule has 2 aromatic rings. The first-order chi connectivity index (χ1) is 15.8. The standard InChI is InChI=1S/C30H45NO/c1-3-5-7-9-11-13-15-17-25-32-29-22-20-28(21-23-29)30-24-19-27(26-31-30)18-16-14-12-10-8-6-4-2/h3,19-24,26H,1,4-18,25H2,2H3. The summed E-state index contributed by atoms with van der Waals surface area (Å²) in [5, 5.41) is 0. The van der Waals surface area contributed by atoms with Gasteiger partial charge in [0, 0.05) is 11.8 Å². The van der Waals surface area contributed by atoms with Gasteiger partial charge < -0.3 is 4.74 Å². The summed E-state index contributed by atoms with van der Waals surface area (Å²) in [5.74, 6) is 0.954. The number of hydrogen-bond acceptors (Lipinski definition) is 2. The zero-order chi connectivity index (χ0) is 22.7. The molecule has 1 heterocycles. The summed E-state index contributed by atoms with van der Waals surface area (Å²) in [6, 6.07) is 12.8. The van der Waals surface area contributed by atoms with E-state index in [9.17, 15) is 0 Å². The lowest BCUT2D eigenvalue weighted by Gasteiger charge is -2.08. The summed E-state index contributed by atoms with van der Waals surface area (Å²) in [6.07, 6.45) is 23.4. The van der Waals surface area contributed by atoms with Crippen LogP contribution in [0.15, 0.2) is 55.3 Å². The van der Waals surface area contributed by atoms with Crippen LogP contribution in [0.25, 0.3) is 11.3 Å². The Morgan fingerprint density at radius 3 is 2.06 bits per heavy atom. The quantitative estimate of drug-likeness (QED) is 0.162. The first-order valence-corrected chi connectivity index (χ1v) is 13.1. The fraction of sp³-hybridized carbons (Fsp3) is 0.567. The molecule has 0 atom stereocenters. The summed E-state index contributed by atoms with van der Waals surface area (Å²) in [6.45, 7) is 6.85. The largest absolute Gasteiger partial charge is 0.494 e. The molecule has 0 unspecified atom stereocenters. The fourth-order valence-electron chi connectivity index (χ4n) is 4.04. The highest BCUT2D eigenvalue weighted by atomic mass is 16.5. The molecule has 1 aromatic carbocycles. The number of aromatic nitrogens is 1. The lowest BCUT2D eigenvalue weighted by Crippen LogP contribution is -1.97. The van der Waals surface area contributed by atoms with Crippen LogP contribution in [0.1, 0.15) is 102 Å². The smallest absolute Gasteiger partial charge is 0.119 e. The monoisotopic (exact) mass is 435 g/mol. The number of rotatable bonds is 19. The molecular formula is C30H45NO. The second-order valence-corrected chi connectivity index (χ2v) is 8.99. The third kappa shape index (κ3) is 11.5. The van der Waals surface area contributed by atoms with E-state index in [-0.39, 0.29) is 0 Å². The Balaban J connectivity index is 1.61. The maximum absolute atomic E-state index is 5.91. The van der Waals surface area contributed by atoms with Gasteiger partial charge >= 0.3 is 0 Å². The maximum Gasteiger partial charge on any atom is 0.119 e.